The molecule has 0 aromatic rings. The maximum Gasteiger partial charge on any atom is 0.320 e. The maximum atomic E-state index is 11.1. The van der Waals surface area contributed by atoms with Crippen molar-refractivity contribution in [2.24, 2.45) is 5.41 Å². The van der Waals surface area contributed by atoms with Gasteiger partial charge in [-0.1, -0.05) is 29.3 Å². The second-order valence-electron chi connectivity index (χ2n) is 4.37. The Hall–Kier alpha value is -0.0900. The SMILES string of the molecule is CCCC1(CNCC(Br)C(=O)OC)CC1. The Balaban J connectivity index is 2.13. The summed E-state index contributed by atoms with van der Waals surface area (Å²) < 4.78 is 4.63. The summed E-state index contributed by atoms with van der Waals surface area (Å²) >= 11 is 3.29. The Morgan fingerprint density at radius 3 is 2.73 bits per heavy atom. The Morgan fingerprint density at radius 2 is 2.27 bits per heavy atom. The van der Waals surface area contributed by atoms with E-state index in [9.17, 15) is 4.79 Å². The van der Waals surface area contributed by atoms with E-state index in [1.54, 1.807) is 0 Å². The highest BCUT2D eigenvalue weighted by molar-refractivity contribution is 9.10. The molecule has 0 aromatic carbocycles. The summed E-state index contributed by atoms with van der Waals surface area (Å²) in [5.41, 5.74) is 0.539. The van der Waals surface area contributed by atoms with E-state index < -0.39 is 0 Å². The topological polar surface area (TPSA) is 38.3 Å². The van der Waals surface area contributed by atoms with Crippen LogP contribution in [0.3, 0.4) is 0 Å². The zero-order valence-electron chi connectivity index (χ0n) is 9.51. The molecule has 0 heterocycles. The van der Waals surface area contributed by atoms with Crippen molar-refractivity contribution in [3.63, 3.8) is 0 Å². The molecular weight excluding hydrogens is 258 g/mol. The number of halogens is 1. The largest absolute Gasteiger partial charge is 0.468 e. The molecule has 1 aliphatic carbocycles. The van der Waals surface area contributed by atoms with Crippen molar-refractivity contribution < 1.29 is 9.53 Å². The molecule has 0 aliphatic heterocycles. The van der Waals surface area contributed by atoms with Gasteiger partial charge >= 0.3 is 5.97 Å². The van der Waals surface area contributed by atoms with Gasteiger partial charge in [-0.15, -0.1) is 0 Å². The standard InChI is InChI=1S/C11H20BrNO2/c1-3-4-11(5-6-11)8-13-7-9(12)10(14)15-2/h9,13H,3-8H2,1-2H3. The number of alkyl halides is 1. The molecule has 0 amide bonds. The Kier molecular flexibility index (Phi) is 5.06. The number of hydrogen-bond donors (Lipinski definition) is 1. The molecule has 0 radical (unpaired) electrons. The number of carbonyl (C=O) groups is 1. The average molecular weight is 278 g/mol. The lowest BCUT2D eigenvalue weighted by Gasteiger charge is -2.16. The van der Waals surface area contributed by atoms with Crippen molar-refractivity contribution in [1.29, 1.82) is 0 Å². The third-order valence-corrected chi connectivity index (χ3v) is 3.72. The van der Waals surface area contributed by atoms with E-state index in [1.807, 2.05) is 0 Å². The van der Waals surface area contributed by atoms with E-state index in [-0.39, 0.29) is 10.8 Å². The summed E-state index contributed by atoms with van der Waals surface area (Å²) in [5, 5.41) is 3.34. The molecule has 1 atom stereocenters. The molecule has 88 valence electrons. The molecule has 3 nitrogen and oxygen atoms in total. The van der Waals surface area contributed by atoms with Crippen LogP contribution in [0.2, 0.25) is 0 Å². The van der Waals surface area contributed by atoms with Crippen LogP contribution in [-0.4, -0.2) is 31.0 Å². The molecule has 1 saturated carbocycles. The molecule has 1 N–H and O–H groups in total. The predicted octanol–water partition coefficient (Wildman–Crippen LogP) is 2.09. The molecule has 1 aliphatic rings. The first-order valence-corrected chi connectivity index (χ1v) is 6.48. The molecule has 0 spiro atoms. The van der Waals surface area contributed by atoms with Gasteiger partial charge in [0, 0.05) is 13.1 Å². The predicted molar refractivity (Wildman–Crippen MR) is 64.2 cm³/mol. The Morgan fingerprint density at radius 1 is 1.60 bits per heavy atom. The van der Waals surface area contributed by atoms with Crippen LogP contribution in [0.15, 0.2) is 0 Å². The van der Waals surface area contributed by atoms with E-state index >= 15 is 0 Å². The Bertz CT molecular complexity index is 217. The van der Waals surface area contributed by atoms with Crippen molar-refractivity contribution in [2.45, 2.75) is 37.4 Å². The number of ether oxygens (including phenoxy) is 1. The van der Waals surface area contributed by atoms with Crippen molar-refractivity contribution in [2.75, 3.05) is 20.2 Å². The lowest BCUT2D eigenvalue weighted by molar-refractivity contribution is -0.139. The number of methoxy groups -OCH3 is 1. The number of esters is 1. The van der Waals surface area contributed by atoms with Crippen LogP contribution < -0.4 is 5.32 Å². The van der Waals surface area contributed by atoms with Gasteiger partial charge in [0.25, 0.3) is 0 Å². The van der Waals surface area contributed by atoms with Crippen LogP contribution in [0.25, 0.3) is 0 Å². The molecule has 1 unspecified atom stereocenters. The first-order chi connectivity index (χ1) is 7.13. The fraction of sp³-hybridized carbons (Fsp3) is 0.909. The van der Waals surface area contributed by atoms with Gasteiger partial charge in [0.05, 0.1) is 7.11 Å². The first-order valence-electron chi connectivity index (χ1n) is 5.56. The van der Waals surface area contributed by atoms with Crippen molar-refractivity contribution in [3.05, 3.63) is 0 Å². The molecular formula is C11H20BrNO2. The number of rotatable bonds is 7. The minimum absolute atomic E-state index is 0.206. The van der Waals surface area contributed by atoms with E-state index in [2.05, 4.69) is 32.9 Å². The summed E-state index contributed by atoms with van der Waals surface area (Å²) in [7, 11) is 1.41. The van der Waals surface area contributed by atoms with E-state index in [0.29, 0.717) is 12.0 Å². The van der Waals surface area contributed by atoms with Gasteiger partial charge in [-0.3, -0.25) is 4.79 Å². The monoisotopic (exact) mass is 277 g/mol. The third kappa shape index (κ3) is 4.11. The lowest BCUT2D eigenvalue weighted by atomic mass is 10.0. The summed E-state index contributed by atoms with van der Waals surface area (Å²) in [6.45, 7) is 3.90. The first kappa shape index (κ1) is 13.0. The number of hydrogen-bond acceptors (Lipinski definition) is 3. The highest BCUT2D eigenvalue weighted by Crippen LogP contribution is 2.48. The molecule has 1 fully saturated rings. The fourth-order valence-corrected chi connectivity index (χ4v) is 2.31. The quantitative estimate of drug-likeness (QED) is 0.572. The van der Waals surface area contributed by atoms with Crippen LogP contribution in [0.4, 0.5) is 0 Å². The van der Waals surface area contributed by atoms with Gasteiger partial charge in [0.1, 0.15) is 4.83 Å². The minimum atomic E-state index is -0.222. The van der Waals surface area contributed by atoms with Crippen molar-refractivity contribution in [1.82, 2.24) is 5.32 Å². The van der Waals surface area contributed by atoms with Crippen molar-refractivity contribution in [3.8, 4) is 0 Å². The van der Waals surface area contributed by atoms with E-state index in [4.69, 9.17) is 0 Å². The van der Waals surface area contributed by atoms with Crippen LogP contribution in [0, 0.1) is 5.41 Å². The van der Waals surface area contributed by atoms with E-state index in [1.165, 1.54) is 32.8 Å². The van der Waals surface area contributed by atoms with Crippen LogP contribution in [0.5, 0.6) is 0 Å². The molecule has 4 heteroatoms. The normalized spacial score (nSPS) is 19.7. The zero-order chi connectivity index (χ0) is 11.3. The second kappa shape index (κ2) is 5.85. The van der Waals surface area contributed by atoms with E-state index in [0.717, 1.165) is 6.54 Å². The summed E-state index contributed by atoms with van der Waals surface area (Å²) in [6, 6.07) is 0. The van der Waals surface area contributed by atoms with Gasteiger partial charge < -0.3 is 10.1 Å². The molecule has 1 rings (SSSR count). The van der Waals surface area contributed by atoms with Crippen LogP contribution in [0.1, 0.15) is 32.6 Å². The fourth-order valence-electron chi connectivity index (χ4n) is 1.90. The summed E-state index contributed by atoms with van der Waals surface area (Å²) in [4.78, 5) is 10.9. The minimum Gasteiger partial charge on any atom is -0.468 e. The van der Waals surface area contributed by atoms with Gasteiger partial charge in [0.2, 0.25) is 0 Å². The maximum absolute atomic E-state index is 11.1. The Labute approximate surface area is 100 Å². The highest BCUT2D eigenvalue weighted by Gasteiger charge is 2.40. The van der Waals surface area contributed by atoms with Gasteiger partial charge in [-0.25, -0.2) is 0 Å². The zero-order valence-corrected chi connectivity index (χ0v) is 11.1. The molecule has 15 heavy (non-hydrogen) atoms. The molecule has 0 saturated heterocycles. The average Bonchev–Trinajstić information content (AvgIpc) is 2.97. The second-order valence-corrected chi connectivity index (χ2v) is 5.48. The summed E-state index contributed by atoms with van der Waals surface area (Å²) in [6.07, 6.45) is 5.21. The summed E-state index contributed by atoms with van der Waals surface area (Å²) in [5.74, 6) is -0.206. The van der Waals surface area contributed by atoms with Crippen molar-refractivity contribution >= 4 is 21.9 Å². The third-order valence-electron chi connectivity index (χ3n) is 3.02. The van der Waals surface area contributed by atoms with Crippen LogP contribution in [-0.2, 0) is 9.53 Å². The molecule has 0 bridgehead atoms. The smallest absolute Gasteiger partial charge is 0.320 e. The molecule has 0 aromatic heterocycles. The van der Waals surface area contributed by atoms with Gasteiger partial charge in [-0.2, -0.15) is 0 Å². The number of carbonyl (C=O) groups excluding carboxylic acids is 1. The van der Waals surface area contributed by atoms with Gasteiger partial charge in [0.15, 0.2) is 0 Å². The lowest BCUT2D eigenvalue weighted by Crippen LogP contribution is -2.33. The van der Waals surface area contributed by atoms with Gasteiger partial charge in [-0.05, 0) is 24.7 Å². The van der Waals surface area contributed by atoms with Crippen LogP contribution >= 0.6 is 15.9 Å². The number of nitrogens with one attached hydrogen (secondary N) is 1. The highest BCUT2D eigenvalue weighted by atomic mass is 79.9.